The molecule has 0 bridgehead atoms. The van der Waals surface area contributed by atoms with Gasteiger partial charge < -0.3 is 4.90 Å². The Morgan fingerprint density at radius 2 is 2.12 bits per heavy atom. The van der Waals surface area contributed by atoms with Crippen LogP contribution in [0.4, 0.5) is 0 Å². The highest BCUT2D eigenvalue weighted by atomic mass is 32.2. The van der Waals surface area contributed by atoms with E-state index in [4.69, 9.17) is 5.84 Å². The number of rotatable bonds is 2. The van der Waals surface area contributed by atoms with Crippen LogP contribution in [0.5, 0.6) is 0 Å². The third-order valence-corrected chi connectivity index (χ3v) is 4.82. The molecule has 7 heteroatoms. The maximum Gasteiger partial charge on any atom is 0.208 e. The lowest BCUT2D eigenvalue weighted by molar-refractivity contribution is 0.382. The number of hydrogen-bond acceptors (Lipinski definition) is 4. The largest absolute Gasteiger partial charge is 0.341 e. The molecule has 2 rings (SSSR count). The first-order valence-corrected chi connectivity index (χ1v) is 7.31. The van der Waals surface area contributed by atoms with Gasteiger partial charge in [0.1, 0.15) is 0 Å². The van der Waals surface area contributed by atoms with Gasteiger partial charge in [-0.1, -0.05) is 0 Å². The summed E-state index contributed by atoms with van der Waals surface area (Å²) in [7, 11) is -1.02. The van der Waals surface area contributed by atoms with E-state index < -0.39 is 9.84 Å². The van der Waals surface area contributed by atoms with E-state index >= 15 is 0 Å². The Hall–Kier alpha value is -0.820. The predicted molar refractivity (Wildman–Crippen MR) is 62.6 cm³/mol. The van der Waals surface area contributed by atoms with Crippen molar-refractivity contribution in [2.75, 3.05) is 18.6 Å². The monoisotopic (exact) mass is 246 g/mol. The van der Waals surface area contributed by atoms with Crippen LogP contribution in [0.2, 0.25) is 0 Å². The van der Waals surface area contributed by atoms with Gasteiger partial charge in [-0.25, -0.2) is 19.3 Å². The Morgan fingerprint density at radius 3 is 2.56 bits per heavy atom. The summed E-state index contributed by atoms with van der Waals surface area (Å²) < 4.78 is 22.7. The summed E-state index contributed by atoms with van der Waals surface area (Å²) in [5.41, 5.74) is 2.56. The second kappa shape index (κ2) is 4.21. The van der Waals surface area contributed by atoms with E-state index in [0.717, 1.165) is 12.8 Å². The Kier molecular flexibility index (Phi) is 3.07. The molecule has 1 saturated heterocycles. The van der Waals surface area contributed by atoms with Crippen molar-refractivity contribution in [3.05, 3.63) is 0 Å². The van der Waals surface area contributed by atoms with Crippen LogP contribution in [0.3, 0.4) is 0 Å². The summed E-state index contributed by atoms with van der Waals surface area (Å²) in [5, 5.41) is 0. The zero-order valence-corrected chi connectivity index (χ0v) is 10.2. The predicted octanol–water partition coefficient (Wildman–Crippen LogP) is -0.913. The first kappa shape index (κ1) is 11.7. The smallest absolute Gasteiger partial charge is 0.208 e. The molecular weight excluding hydrogens is 228 g/mol. The van der Waals surface area contributed by atoms with Crippen LogP contribution < -0.4 is 11.3 Å². The Labute approximate surface area is 95.8 Å². The number of hydrazine groups is 1. The van der Waals surface area contributed by atoms with Gasteiger partial charge in [-0.2, -0.15) is 0 Å². The molecule has 92 valence electrons. The van der Waals surface area contributed by atoms with E-state index in [-0.39, 0.29) is 17.5 Å². The van der Waals surface area contributed by atoms with E-state index in [2.05, 4.69) is 10.4 Å². The van der Waals surface area contributed by atoms with Crippen molar-refractivity contribution in [3.63, 3.8) is 0 Å². The molecule has 0 aromatic carbocycles. The van der Waals surface area contributed by atoms with Gasteiger partial charge in [0, 0.05) is 13.1 Å². The topological polar surface area (TPSA) is 87.8 Å². The SMILES string of the molecule is CN(C(=NC1CC1)NN)C1CCS(=O)(=O)C1. The third kappa shape index (κ3) is 2.65. The quantitative estimate of drug-likeness (QED) is 0.285. The van der Waals surface area contributed by atoms with Crippen molar-refractivity contribution in [2.45, 2.75) is 31.3 Å². The molecule has 2 aliphatic rings. The lowest BCUT2D eigenvalue weighted by atomic mass is 10.2. The Balaban J connectivity index is 2.03. The highest BCUT2D eigenvalue weighted by Gasteiger charge is 2.32. The molecule has 1 aliphatic carbocycles. The summed E-state index contributed by atoms with van der Waals surface area (Å²) >= 11 is 0. The van der Waals surface area contributed by atoms with Gasteiger partial charge in [-0.3, -0.25) is 5.43 Å². The van der Waals surface area contributed by atoms with Crippen LogP contribution in [-0.2, 0) is 9.84 Å². The van der Waals surface area contributed by atoms with E-state index in [9.17, 15) is 8.42 Å². The van der Waals surface area contributed by atoms with Crippen molar-refractivity contribution in [1.82, 2.24) is 10.3 Å². The minimum Gasteiger partial charge on any atom is -0.341 e. The average Bonchev–Trinajstić information content (AvgIpc) is 2.97. The van der Waals surface area contributed by atoms with E-state index in [1.807, 2.05) is 11.9 Å². The molecule has 1 atom stereocenters. The molecule has 2 fully saturated rings. The highest BCUT2D eigenvalue weighted by molar-refractivity contribution is 7.91. The minimum atomic E-state index is -2.86. The van der Waals surface area contributed by atoms with E-state index in [1.54, 1.807) is 0 Å². The molecule has 1 aliphatic heterocycles. The molecule has 0 amide bonds. The van der Waals surface area contributed by atoms with Gasteiger partial charge in [0.05, 0.1) is 17.5 Å². The number of aliphatic imine (C=N–C) groups is 1. The molecule has 16 heavy (non-hydrogen) atoms. The van der Waals surface area contributed by atoms with Gasteiger partial charge in [-0.05, 0) is 19.3 Å². The zero-order valence-electron chi connectivity index (χ0n) is 9.39. The van der Waals surface area contributed by atoms with Gasteiger partial charge >= 0.3 is 0 Å². The fraction of sp³-hybridized carbons (Fsp3) is 0.889. The van der Waals surface area contributed by atoms with Crippen molar-refractivity contribution in [1.29, 1.82) is 0 Å². The fourth-order valence-corrected chi connectivity index (χ4v) is 3.63. The molecule has 3 N–H and O–H groups in total. The summed E-state index contributed by atoms with van der Waals surface area (Å²) in [4.78, 5) is 6.26. The van der Waals surface area contributed by atoms with Crippen molar-refractivity contribution < 1.29 is 8.42 Å². The average molecular weight is 246 g/mol. The third-order valence-electron chi connectivity index (χ3n) is 3.07. The summed E-state index contributed by atoms with van der Waals surface area (Å²) in [6.45, 7) is 0. The maximum absolute atomic E-state index is 11.4. The van der Waals surface area contributed by atoms with Gasteiger partial charge in [0.2, 0.25) is 5.96 Å². The number of nitrogens with zero attached hydrogens (tertiary/aromatic N) is 2. The molecule has 1 heterocycles. The Morgan fingerprint density at radius 1 is 1.44 bits per heavy atom. The van der Waals surface area contributed by atoms with Crippen LogP contribution in [0.1, 0.15) is 19.3 Å². The zero-order chi connectivity index (χ0) is 11.8. The van der Waals surface area contributed by atoms with Gasteiger partial charge in [0.15, 0.2) is 9.84 Å². The van der Waals surface area contributed by atoms with Crippen molar-refractivity contribution >= 4 is 15.8 Å². The number of sulfone groups is 1. The second-order valence-electron chi connectivity index (χ2n) is 4.50. The molecule has 1 unspecified atom stereocenters. The lowest BCUT2D eigenvalue weighted by Gasteiger charge is -2.26. The summed E-state index contributed by atoms with van der Waals surface area (Å²) in [6.07, 6.45) is 2.86. The first-order chi connectivity index (χ1) is 7.52. The van der Waals surface area contributed by atoms with Crippen LogP contribution in [0.25, 0.3) is 0 Å². The molecule has 0 aromatic heterocycles. The molecule has 0 aromatic rings. The normalized spacial score (nSPS) is 29.1. The lowest BCUT2D eigenvalue weighted by Crippen LogP contribution is -2.48. The van der Waals surface area contributed by atoms with Crippen LogP contribution in [0.15, 0.2) is 4.99 Å². The Bertz CT molecular complexity index is 388. The first-order valence-electron chi connectivity index (χ1n) is 5.49. The maximum atomic E-state index is 11.4. The second-order valence-corrected chi connectivity index (χ2v) is 6.72. The minimum absolute atomic E-state index is 0.00134. The van der Waals surface area contributed by atoms with Gasteiger partial charge in [0.25, 0.3) is 0 Å². The van der Waals surface area contributed by atoms with Crippen LogP contribution >= 0.6 is 0 Å². The standard InChI is InChI=1S/C9H18N4O2S/c1-13(8-4-5-16(14,15)6-8)9(12-10)11-7-2-3-7/h7-8H,2-6,10H2,1H3,(H,11,12). The highest BCUT2D eigenvalue weighted by Crippen LogP contribution is 2.24. The van der Waals surface area contributed by atoms with E-state index in [1.165, 1.54) is 0 Å². The van der Waals surface area contributed by atoms with E-state index in [0.29, 0.717) is 18.4 Å². The number of nitrogens with one attached hydrogen (secondary N) is 1. The molecule has 6 nitrogen and oxygen atoms in total. The molecule has 0 spiro atoms. The molecule has 1 saturated carbocycles. The van der Waals surface area contributed by atoms with Crippen molar-refractivity contribution in [3.8, 4) is 0 Å². The summed E-state index contributed by atoms with van der Waals surface area (Å²) in [6, 6.07) is 0.366. The number of guanidine groups is 1. The summed E-state index contributed by atoms with van der Waals surface area (Å²) in [5.74, 6) is 6.48. The van der Waals surface area contributed by atoms with Gasteiger partial charge in [-0.15, -0.1) is 0 Å². The fourth-order valence-electron chi connectivity index (χ4n) is 1.86. The molecular formula is C9H18N4O2S. The molecule has 0 radical (unpaired) electrons. The van der Waals surface area contributed by atoms with Crippen molar-refractivity contribution in [2.24, 2.45) is 10.8 Å². The number of nitrogens with two attached hydrogens (primary N) is 1. The van der Waals surface area contributed by atoms with Crippen LogP contribution in [0, 0.1) is 0 Å². The number of hydrogen-bond donors (Lipinski definition) is 2. The van der Waals surface area contributed by atoms with Crippen LogP contribution in [-0.4, -0.2) is 49.9 Å².